The summed E-state index contributed by atoms with van der Waals surface area (Å²) in [4.78, 5) is 0. The molecule has 0 amide bonds. The molecule has 1 heterocycles. The summed E-state index contributed by atoms with van der Waals surface area (Å²) in [6.07, 6.45) is 5.72. The fourth-order valence-corrected chi connectivity index (χ4v) is 3.58. The molecule has 0 saturated heterocycles. The zero-order valence-electron chi connectivity index (χ0n) is 13.7. The zero-order chi connectivity index (χ0) is 15.7. The number of nitriles is 1. The first-order valence-electron chi connectivity index (χ1n) is 8.02. The monoisotopic (exact) mass is 307 g/mol. The summed E-state index contributed by atoms with van der Waals surface area (Å²) >= 11 is 6.51. The van der Waals surface area contributed by atoms with Gasteiger partial charge in [0.1, 0.15) is 0 Å². The Kier molecular flexibility index (Phi) is 4.68. The maximum absolute atomic E-state index is 9.77. The average Bonchev–Trinajstić information content (AvgIpc) is 2.77. The number of hydrogen-bond acceptors (Lipinski definition) is 2. The minimum atomic E-state index is -0.267. The molecule has 21 heavy (non-hydrogen) atoms. The molecule has 0 aromatic carbocycles. The van der Waals surface area contributed by atoms with E-state index in [0.29, 0.717) is 5.41 Å². The highest BCUT2D eigenvalue weighted by Crippen LogP contribution is 2.47. The molecule has 0 radical (unpaired) electrons. The van der Waals surface area contributed by atoms with Crippen molar-refractivity contribution < 1.29 is 0 Å². The van der Waals surface area contributed by atoms with Crippen molar-refractivity contribution in [2.75, 3.05) is 0 Å². The maximum atomic E-state index is 9.77. The lowest BCUT2D eigenvalue weighted by Gasteiger charge is -2.39. The predicted molar refractivity (Wildman–Crippen MR) is 86.3 cm³/mol. The van der Waals surface area contributed by atoms with Crippen molar-refractivity contribution in [2.24, 2.45) is 10.8 Å². The number of nitrogens with zero attached hydrogens (tertiary/aromatic N) is 3. The lowest BCUT2D eigenvalue weighted by Crippen LogP contribution is -2.32. The van der Waals surface area contributed by atoms with E-state index in [2.05, 4.69) is 38.9 Å². The Balaban J connectivity index is 2.28. The molecule has 0 N–H and O–H groups in total. The van der Waals surface area contributed by atoms with E-state index in [1.807, 2.05) is 4.68 Å². The van der Waals surface area contributed by atoms with Gasteiger partial charge in [0.25, 0.3) is 0 Å². The van der Waals surface area contributed by atoms with Crippen LogP contribution in [0.5, 0.6) is 0 Å². The normalized spacial score (nSPS) is 20.2. The van der Waals surface area contributed by atoms with Crippen molar-refractivity contribution in [1.82, 2.24) is 9.78 Å². The van der Waals surface area contributed by atoms with Gasteiger partial charge < -0.3 is 0 Å². The molecule has 1 aromatic heterocycles. The third kappa shape index (κ3) is 3.26. The van der Waals surface area contributed by atoms with Crippen molar-refractivity contribution >= 4 is 11.6 Å². The first kappa shape index (κ1) is 16.4. The summed E-state index contributed by atoms with van der Waals surface area (Å²) in [5.74, 6) is 0. The first-order valence-corrected chi connectivity index (χ1v) is 8.39. The van der Waals surface area contributed by atoms with Crippen LogP contribution in [-0.4, -0.2) is 9.78 Å². The van der Waals surface area contributed by atoms with E-state index in [4.69, 9.17) is 11.6 Å². The third-order valence-electron chi connectivity index (χ3n) is 5.00. The predicted octanol–water partition coefficient (Wildman–Crippen LogP) is 4.77. The van der Waals surface area contributed by atoms with Gasteiger partial charge in [-0.1, -0.05) is 32.4 Å². The molecular weight excluding hydrogens is 282 g/mol. The topological polar surface area (TPSA) is 41.6 Å². The summed E-state index contributed by atoms with van der Waals surface area (Å²) in [6, 6.07) is 2.61. The number of halogens is 1. The van der Waals surface area contributed by atoms with E-state index >= 15 is 0 Å². The van der Waals surface area contributed by atoms with Gasteiger partial charge in [0.05, 0.1) is 27.9 Å². The van der Waals surface area contributed by atoms with E-state index in [1.165, 1.54) is 0 Å². The molecule has 0 atom stereocenters. The summed E-state index contributed by atoms with van der Waals surface area (Å²) in [6.45, 7) is 9.55. The van der Waals surface area contributed by atoms with Gasteiger partial charge in [0, 0.05) is 13.0 Å². The highest BCUT2D eigenvalue weighted by molar-refractivity contribution is 6.31. The van der Waals surface area contributed by atoms with Gasteiger partial charge in [-0.3, -0.25) is 4.68 Å². The van der Waals surface area contributed by atoms with Crippen LogP contribution < -0.4 is 0 Å². The summed E-state index contributed by atoms with van der Waals surface area (Å²) < 4.78 is 1.99. The molecule has 1 fully saturated rings. The van der Waals surface area contributed by atoms with Crippen LogP contribution in [0.4, 0.5) is 0 Å². The standard InChI is InChI=1S/C17H26ClN3/c1-5-13-15(18)14(21(6-2)20-13)11-17(12-19)9-7-16(3,4)8-10-17/h5-11H2,1-4H3. The average molecular weight is 308 g/mol. The Morgan fingerprint density at radius 3 is 2.33 bits per heavy atom. The molecular formula is C17H26ClN3. The van der Waals surface area contributed by atoms with E-state index in [-0.39, 0.29) is 5.41 Å². The van der Waals surface area contributed by atoms with Crippen molar-refractivity contribution in [2.45, 2.75) is 72.8 Å². The van der Waals surface area contributed by atoms with Gasteiger partial charge in [0.15, 0.2) is 0 Å². The van der Waals surface area contributed by atoms with Gasteiger partial charge in [0.2, 0.25) is 0 Å². The van der Waals surface area contributed by atoms with Gasteiger partial charge in [-0.2, -0.15) is 10.4 Å². The molecule has 4 heteroatoms. The number of aromatic nitrogens is 2. The molecule has 0 spiro atoms. The molecule has 116 valence electrons. The zero-order valence-corrected chi connectivity index (χ0v) is 14.4. The molecule has 1 aliphatic rings. The van der Waals surface area contributed by atoms with E-state index < -0.39 is 0 Å². The highest BCUT2D eigenvalue weighted by Gasteiger charge is 2.40. The molecule has 1 aromatic rings. The SMILES string of the molecule is CCc1nn(CC)c(CC2(C#N)CCC(C)(C)CC2)c1Cl. The second kappa shape index (κ2) is 6.01. The lowest BCUT2D eigenvalue weighted by molar-refractivity contribution is 0.144. The van der Waals surface area contributed by atoms with Crippen LogP contribution in [-0.2, 0) is 19.4 Å². The first-order chi connectivity index (χ1) is 9.86. The summed E-state index contributed by atoms with van der Waals surface area (Å²) in [5, 5.41) is 15.1. The molecule has 1 aliphatic carbocycles. The fourth-order valence-electron chi connectivity index (χ4n) is 3.24. The second-order valence-corrected chi connectivity index (χ2v) is 7.49. The molecule has 2 rings (SSSR count). The van der Waals surface area contributed by atoms with Crippen molar-refractivity contribution in [1.29, 1.82) is 5.26 Å². The van der Waals surface area contributed by atoms with E-state index in [1.54, 1.807) is 0 Å². The Morgan fingerprint density at radius 1 is 1.24 bits per heavy atom. The minimum Gasteiger partial charge on any atom is -0.268 e. The van der Waals surface area contributed by atoms with Crippen LogP contribution in [0.25, 0.3) is 0 Å². The summed E-state index contributed by atoms with van der Waals surface area (Å²) in [7, 11) is 0. The Labute approximate surface area is 133 Å². The fraction of sp³-hybridized carbons (Fsp3) is 0.765. The summed E-state index contributed by atoms with van der Waals surface area (Å²) in [5.41, 5.74) is 2.11. The van der Waals surface area contributed by atoms with Crippen molar-refractivity contribution in [3.05, 3.63) is 16.4 Å². The molecule has 0 aliphatic heterocycles. The minimum absolute atomic E-state index is 0.267. The van der Waals surface area contributed by atoms with Crippen molar-refractivity contribution in [3.8, 4) is 6.07 Å². The van der Waals surface area contributed by atoms with E-state index in [0.717, 1.165) is 61.5 Å². The van der Waals surface area contributed by atoms with Crippen LogP contribution in [0, 0.1) is 22.2 Å². The van der Waals surface area contributed by atoms with Gasteiger partial charge >= 0.3 is 0 Å². The van der Waals surface area contributed by atoms with Crippen LogP contribution in [0.15, 0.2) is 0 Å². The Morgan fingerprint density at radius 2 is 1.86 bits per heavy atom. The molecule has 0 unspecified atom stereocenters. The van der Waals surface area contributed by atoms with Gasteiger partial charge in [-0.05, 0) is 44.4 Å². The smallest absolute Gasteiger partial charge is 0.0850 e. The van der Waals surface area contributed by atoms with Gasteiger partial charge in [-0.25, -0.2) is 0 Å². The number of hydrogen-bond donors (Lipinski definition) is 0. The third-order valence-corrected chi connectivity index (χ3v) is 5.43. The number of aryl methyl sites for hydroxylation is 2. The molecule has 1 saturated carbocycles. The van der Waals surface area contributed by atoms with Crippen LogP contribution >= 0.6 is 11.6 Å². The quantitative estimate of drug-likeness (QED) is 0.804. The lowest BCUT2D eigenvalue weighted by atomic mass is 9.64. The van der Waals surface area contributed by atoms with Crippen molar-refractivity contribution in [3.63, 3.8) is 0 Å². The molecule has 3 nitrogen and oxygen atoms in total. The number of rotatable bonds is 4. The van der Waals surface area contributed by atoms with Crippen LogP contribution in [0.3, 0.4) is 0 Å². The maximum Gasteiger partial charge on any atom is 0.0850 e. The second-order valence-electron chi connectivity index (χ2n) is 7.11. The van der Waals surface area contributed by atoms with Gasteiger partial charge in [-0.15, -0.1) is 0 Å². The Hall–Kier alpha value is -1.01. The molecule has 0 bridgehead atoms. The van der Waals surface area contributed by atoms with E-state index in [9.17, 15) is 5.26 Å². The Bertz CT molecular complexity index is 541. The van der Waals surface area contributed by atoms with Crippen LogP contribution in [0.1, 0.15) is 64.8 Å². The highest BCUT2D eigenvalue weighted by atomic mass is 35.5. The van der Waals surface area contributed by atoms with Crippen LogP contribution in [0.2, 0.25) is 5.02 Å². The largest absolute Gasteiger partial charge is 0.268 e.